The summed E-state index contributed by atoms with van der Waals surface area (Å²) in [5, 5.41) is 25.7. The number of carboxylic acid groups (broad SMARTS) is 1. The Hall–Kier alpha value is -2.40. The lowest BCUT2D eigenvalue weighted by molar-refractivity contribution is -0.133. The van der Waals surface area contributed by atoms with Gasteiger partial charge in [-0.3, -0.25) is 9.78 Å². The number of aliphatic carboxylic acids is 1. The van der Waals surface area contributed by atoms with Crippen LogP contribution in [-0.4, -0.2) is 36.6 Å². The first-order valence-electron chi connectivity index (χ1n) is 5.22. The molecule has 7 nitrogen and oxygen atoms in total. The maximum Gasteiger partial charge on any atom is 0.313 e. The molecule has 1 N–H and O–H groups in total. The summed E-state index contributed by atoms with van der Waals surface area (Å²) in [4.78, 5) is 14.6. The van der Waals surface area contributed by atoms with Gasteiger partial charge in [-0.15, -0.1) is 10.2 Å². The van der Waals surface area contributed by atoms with Crippen molar-refractivity contribution in [1.82, 2.24) is 19.7 Å². The van der Waals surface area contributed by atoms with Gasteiger partial charge in [-0.2, -0.15) is 5.26 Å². The number of nitrogens with zero attached hydrogens (tertiary/aromatic N) is 5. The van der Waals surface area contributed by atoms with Crippen LogP contribution < -0.4 is 0 Å². The molecule has 8 heteroatoms. The third kappa shape index (κ3) is 2.89. The number of thioether (sulfide) groups is 1. The minimum atomic E-state index is -0.911. The topological polar surface area (TPSA) is 105 Å². The summed E-state index contributed by atoms with van der Waals surface area (Å²) in [5.41, 5.74) is 1.04. The molecule has 0 fully saturated rings. The van der Waals surface area contributed by atoms with Crippen LogP contribution in [0.5, 0.6) is 0 Å². The number of rotatable bonds is 4. The first-order valence-corrected chi connectivity index (χ1v) is 6.21. The number of hydrogen-bond donors (Lipinski definition) is 1. The molecule has 19 heavy (non-hydrogen) atoms. The molecule has 0 saturated carbocycles. The van der Waals surface area contributed by atoms with Gasteiger partial charge in [0.1, 0.15) is 11.8 Å². The molecule has 0 radical (unpaired) electrons. The highest BCUT2D eigenvalue weighted by Crippen LogP contribution is 2.21. The molecule has 0 amide bonds. The van der Waals surface area contributed by atoms with Crippen molar-refractivity contribution < 1.29 is 9.90 Å². The largest absolute Gasteiger partial charge is 0.481 e. The van der Waals surface area contributed by atoms with E-state index < -0.39 is 5.97 Å². The lowest BCUT2D eigenvalue weighted by Gasteiger charge is -2.02. The molecule has 2 heterocycles. The summed E-state index contributed by atoms with van der Waals surface area (Å²) in [6.07, 6.45) is 1.45. The van der Waals surface area contributed by atoms with E-state index in [-0.39, 0.29) is 5.75 Å². The Labute approximate surface area is 112 Å². The first kappa shape index (κ1) is 13.0. The van der Waals surface area contributed by atoms with Crippen molar-refractivity contribution in [2.75, 3.05) is 5.75 Å². The first-order chi connectivity index (χ1) is 9.11. The highest BCUT2D eigenvalue weighted by Gasteiger charge is 2.13. The summed E-state index contributed by atoms with van der Waals surface area (Å²) >= 11 is 1.09. The Bertz CT molecular complexity index is 644. The number of pyridine rings is 1. The molecule has 0 unspecified atom stereocenters. The van der Waals surface area contributed by atoms with Gasteiger partial charge in [-0.05, 0) is 12.1 Å². The molecule has 0 bridgehead atoms. The van der Waals surface area contributed by atoms with E-state index in [2.05, 4.69) is 15.2 Å². The number of hydrogen-bond acceptors (Lipinski definition) is 6. The van der Waals surface area contributed by atoms with Crippen molar-refractivity contribution in [3.05, 3.63) is 23.9 Å². The van der Waals surface area contributed by atoms with E-state index in [1.54, 1.807) is 23.7 Å². The predicted octanol–water partition coefficient (Wildman–Crippen LogP) is 0.925. The van der Waals surface area contributed by atoms with Gasteiger partial charge in [0, 0.05) is 13.2 Å². The molecular formula is C11H9N5O2S. The molecule has 96 valence electrons. The second-order valence-electron chi connectivity index (χ2n) is 3.59. The van der Waals surface area contributed by atoms with Gasteiger partial charge in [-0.25, -0.2) is 0 Å². The molecule has 0 saturated heterocycles. The van der Waals surface area contributed by atoms with Crippen LogP contribution in [0.25, 0.3) is 11.5 Å². The fourth-order valence-corrected chi connectivity index (χ4v) is 2.01. The second kappa shape index (κ2) is 5.49. The highest BCUT2D eigenvalue weighted by molar-refractivity contribution is 7.99. The number of aromatic nitrogens is 4. The molecule has 0 aliphatic carbocycles. The van der Waals surface area contributed by atoms with Crippen LogP contribution >= 0.6 is 11.8 Å². The number of carboxylic acids is 1. The average molecular weight is 275 g/mol. The van der Waals surface area contributed by atoms with E-state index in [0.29, 0.717) is 22.2 Å². The molecular weight excluding hydrogens is 266 g/mol. The minimum Gasteiger partial charge on any atom is -0.481 e. The normalized spacial score (nSPS) is 10.1. The average Bonchev–Trinajstić information content (AvgIpc) is 2.78. The van der Waals surface area contributed by atoms with Crippen LogP contribution in [0.15, 0.2) is 23.5 Å². The van der Waals surface area contributed by atoms with Crippen molar-refractivity contribution >= 4 is 17.7 Å². The van der Waals surface area contributed by atoms with Gasteiger partial charge in [0.2, 0.25) is 0 Å². The van der Waals surface area contributed by atoms with E-state index in [1.807, 2.05) is 6.07 Å². The molecule has 0 aromatic carbocycles. The van der Waals surface area contributed by atoms with Crippen LogP contribution in [0.3, 0.4) is 0 Å². The zero-order valence-electron chi connectivity index (χ0n) is 9.94. The van der Waals surface area contributed by atoms with Crippen molar-refractivity contribution in [3.63, 3.8) is 0 Å². The van der Waals surface area contributed by atoms with Crippen molar-refractivity contribution in [1.29, 1.82) is 5.26 Å². The van der Waals surface area contributed by atoms with Gasteiger partial charge in [0.05, 0.1) is 11.3 Å². The molecule has 0 aliphatic rings. The Balaban J connectivity index is 2.25. The smallest absolute Gasteiger partial charge is 0.313 e. The summed E-state index contributed by atoms with van der Waals surface area (Å²) in [6, 6.07) is 5.30. The van der Waals surface area contributed by atoms with Crippen LogP contribution in [0.1, 0.15) is 5.56 Å². The third-order valence-corrected chi connectivity index (χ3v) is 3.29. The fourth-order valence-electron chi connectivity index (χ4n) is 1.38. The lowest BCUT2D eigenvalue weighted by Crippen LogP contribution is -2.01. The second-order valence-corrected chi connectivity index (χ2v) is 4.53. The maximum absolute atomic E-state index is 10.5. The van der Waals surface area contributed by atoms with Crippen LogP contribution in [0, 0.1) is 11.3 Å². The van der Waals surface area contributed by atoms with Crippen molar-refractivity contribution in [2.24, 2.45) is 7.05 Å². The molecule has 0 spiro atoms. The molecule has 2 aromatic heterocycles. The lowest BCUT2D eigenvalue weighted by atomic mass is 10.2. The van der Waals surface area contributed by atoms with Gasteiger partial charge >= 0.3 is 5.97 Å². The zero-order chi connectivity index (χ0) is 13.8. The van der Waals surface area contributed by atoms with Gasteiger partial charge in [-0.1, -0.05) is 11.8 Å². The summed E-state index contributed by atoms with van der Waals surface area (Å²) in [7, 11) is 1.74. The van der Waals surface area contributed by atoms with E-state index in [0.717, 1.165) is 11.8 Å². The molecule has 2 rings (SSSR count). The molecule has 0 aliphatic heterocycles. The van der Waals surface area contributed by atoms with Crippen LogP contribution in [0.2, 0.25) is 0 Å². The zero-order valence-corrected chi connectivity index (χ0v) is 10.8. The van der Waals surface area contributed by atoms with Crippen LogP contribution in [0.4, 0.5) is 0 Å². The Morgan fingerprint density at radius 2 is 2.32 bits per heavy atom. The van der Waals surface area contributed by atoms with Crippen molar-refractivity contribution in [2.45, 2.75) is 5.16 Å². The van der Waals surface area contributed by atoms with Gasteiger partial charge in [0.15, 0.2) is 11.0 Å². The summed E-state index contributed by atoms with van der Waals surface area (Å²) < 4.78 is 1.67. The number of nitriles is 1. The maximum atomic E-state index is 10.5. The standard InChI is InChI=1S/C11H9N5O2S/c1-16-10(8-3-2-7(4-12)5-13-8)14-15-11(16)19-6-9(17)18/h2-3,5H,6H2,1H3,(H,17,18). The van der Waals surface area contributed by atoms with Crippen LogP contribution in [-0.2, 0) is 11.8 Å². The minimum absolute atomic E-state index is 0.0766. The third-order valence-electron chi connectivity index (χ3n) is 2.28. The molecule has 0 atom stereocenters. The molecule has 2 aromatic rings. The monoisotopic (exact) mass is 275 g/mol. The van der Waals surface area contributed by atoms with Gasteiger partial charge < -0.3 is 9.67 Å². The van der Waals surface area contributed by atoms with E-state index in [1.165, 1.54) is 6.20 Å². The predicted molar refractivity (Wildman–Crippen MR) is 67.3 cm³/mol. The fraction of sp³-hybridized carbons (Fsp3) is 0.182. The Kier molecular flexibility index (Phi) is 3.77. The SMILES string of the molecule is Cn1c(SCC(=O)O)nnc1-c1ccc(C#N)cn1. The summed E-state index contributed by atoms with van der Waals surface area (Å²) in [6.45, 7) is 0. The number of carbonyl (C=O) groups is 1. The van der Waals surface area contributed by atoms with Crippen molar-refractivity contribution in [3.8, 4) is 17.6 Å². The van der Waals surface area contributed by atoms with E-state index in [4.69, 9.17) is 10.4 Å². The Morgan fingerprint density at radius 3 is 2.89 bits per heavy atom. The quantitative estimate of drug-likeness (QED) is 0.827. The van der Waals surface area contributed by atoms with E-state index in [9.17, 15) is 4.79 Å². The Morgan fingerprint density at radius 1 is 1.53 bits per heavy atom. The van der Waals surface area contributed by atoms with E-state index >= 15 is 0 Å². The highest BCUT2D eigenvalue weighted by atomic mass is 32.2. The van der Waals surface area contributed by atoms with Gasteiger partial charge in [0.25, 0.3) is 0 Å². The summed E-state index contributed by atoms with van der Waals surface area (Å²) in [5.74, 6) is -0.462.